The molecule has 1 saturated heterocycles. The van der Waals surface area contributed by atoms with Gasteiger partial charge in [0.15, 0.2) is 0 Å². The molecule has 1 aliphatic heterocycles. The molecule has 1 N–H and O–H groups in total. The van der Waals surface area contributed by atoms with E-state index in [1.165, 1.54) is 4.90 Å². The Morgan fingerprint density at radius 2 is 1.77 bits per heavy atom. The van der Waals surface area contributed by atoms with Gasteiger partial charge in [0.2, 0.25) is 10.0 Å². The summed E-state index contributed by atoms with van der Waals surface area (Å²) < 4.78 is 32.8. The number of cyclic esters (lactones) is 1. The maximum atomic E-state index is 12.5. The molecule has 0 spiro atoms. The Bertz CT molecular complexity index is 920. The lowest BCUT2D eigenvalue weighted by atomic mass is 10.1. The SMILES string of the molecule is Cc1cc(C)cc(N2CC(CNS(=O)(=O)c3ccccc3C)OC2=O)c1. The second-order valence-electron chi connectivity index (χ2n) is 6.58. The zero-order valence-corrected chi connectivity index (χ0v) is 15.8. The van der Waals surface area contributed by atoms with Crippen molar-refractivity contribution in [1.29, 1.82) is 0 Å². The van der Waals surface area contributed by atoms with Crippen molar-refractivity contribution in [3.63, 3.8) is 0 Å². The van der Waals surface area contributed by atoms with Gasteiger partial charge in [-0.05, 0) is 55.7 Å². The van der Waals surface area contributed by atoms with Crippen molar-refractivity contribution in [2.24, 2.45) is 0 Å². The zero-order valence-electron chi connectivity index (χ0n) is 15.0. The number of amides is 1. The fourth-order valence-electron chi connectivity index (χ4n) is 3.08. The zero-order chi connectivity index (χ0) is 18.9. The summed E-state index contributed by atoms with van der Waals surface area (Å²) in [4.78, 5) is 13.9. The molecule has 138 valence electrons. The van der Waals surface area contributed by atoms with Crippen molar-refractivity contribution in [3.8, 4) is 0 Å². The maximum Gasteiger partial charge on any atom is 0.414 e. The smallest absolute Gasteiger partial charge is 0.414 e. The van der Waals surface area contributed by atoms with Crippen LogP contribution >= 0.6 is 0 Å². The number of sulfonamides is 1. The summed E-state index contributed by atoms with van der Waals surface area (Å²) in [6.07, 6.45) is -1.00. The Morgan fingerprint density at radius 1 is 1.12 bits per heavy atom. The molecular weight excluding hydrogens is 352 g/mol. The van der Waals surface area contributed by atoms with Gasteiger partial charge >= 0.3 is 6.09 Å². The van der Waals surface area contributed by atoms with Crippen molar-refractivity contribution < 1.29 is 17.9 Å². The number of hydrogen-bond donors (Lipinski definition) is 1. The normalized spacial score (nSPS) is 17.4. The highest BCUT2D eigenvalue weighted by Gasteiger charge is 2.33. The molecule has 0 aromatic heterocycles. The fourth-order valence-corrected chi connectivity index (χ4v) is 4.39. The Kier molecular flexibility index (Phi) is 5.02. The number of nitrogens with zero attached hydrogens (tertiary/aromatic N) is 1. The van der Waals surface area contributed by atoms with Crippen molar-refractivity contribution in [2.45, 2.75) is 31.8 Å². The number of anilines is 1. The van der Waals surface area contributed by atoms with E-state index in [2.05, 4.69) is 4.72 Å². The highest BCUT2D eigenvalue weighted by molar-refractivity contribution is 7.89. The first kappa shape index (κ1) is 18.4. The van der Waals surface area contributed by atoms with Gasteiger partial charge in [-0.2, -0.15) is 0 Å². The largest absolute Gasteiger partial charge is 0.443 e. The molecule has 26 heavy (non-hydrogen) atoms. The summed E-state index contributed by atoms with van der Waals surface area (Å²) in [5.41, 5.74) is 3.53. The predicted molar refractivity (Wildman–Crippen MR) is 99.9 cm³/mol. The summed E-state index contributed by atoms with van der Waals surface area (Å²) in [7, 11) is -3.65. The van der Waals surface area contributed by atoms with E-state index >= 15 is 0 Å². The lowest BCUT2D eigenvalue weighted by molar-refractivity contribution is 0.143. The fraction of sp³-hybridized carbons (Fsp3) is 0.316. The van der Waals surface area contributed by atoms with E-state index in [1.54, 1.807) is 31.2 Å². The predicted octanol–water partition coefficient (Wildman–Crippen LogP) is 2.92. The average Bonchev–Trinajstić information content (AvgIpc) is 2.93. The first-order valence-electron chi connectivity index (χ1n) is 8.38. The molecule has 1 aliphatic rings. The van der Waals surface area contributed by atoms with Gasteiger partial charge in [-0.3, -0.25) is 4.90 Å². The second-order valence-corrected chi connectivity index (χ2v) is 8.32. The first-order valence-corrected chi connectivity index (χ1v) is 9.86. The van der Waals surface area contributed by atoms with Gasteiger partial charge in [-0.1, -0.05) is 24.3 Å². The molecule has 1 fully saturated rings. The number of aryl methyl sites for hydroxylation is 3. The summed E-state index contributed by atoms with van der Waals surface area (Å²) >= 11 is 0. The Morgan fingerprint density at radius 3 is 2.42 bits per heavy atom. The van der Waals surface area contributed by atoms with E-state index in [9.17, 15) is 13.2 Å². The highest BCUT2D eigenvalue weighted by atomic mass is 32.2. The quantitative estimate of drug-likeness (QED) is 0.873. The number of benzene rings is 2. The van der Waals surface area contributed by atoms with Crippen LogP contribution in [-0.4, -0.2) is 33.7 Å². The van der Waals surface area contributed by atoms with E-state index in [0.29, 0.717) is 12.1 Å². The third-order valence-electron chi connectivity index (χ3n) is 4.28. The van der Waals surface area contributed by atoms with E-state index in [1.807, 2.05) is 32.0 Å². The third kappa shape index (κ3) is 3.89. The topological polar surface area (TPSA) is 75.7 Å². The molecule has 2 aromatic carbocycles. The van der Waals surface area contributed by atoms with Crippen LogP contribution in [0.1, 0.15) is 16.7 Å². The summed E-state index contributed by atoms with van der Waals surface area (Å²) in [6.45, 7) is 6.01. The third-order valence-corrected chi connectivity index (χ3v) is 5.86. The van der Waals surface area contributed by atoms with Gasteiger partial charge in [0, 0.05) is 12.2 Å². The number of ether oxygens (including phenoxy) is 1. The van der Waals surface area contributed by atoms with Gasteiger partial charge in [-0.25, -0.2) is 17.9 Å². The number of rotatable bonds is 5. The standard InChI is InChI=1S/C19H22N2O4S/c1-13-8-14(2)10-16(9-13)21-12-17(25-19(21)22)11-20-26(23,24)18-7-5-4-6-15(18)3/h4-10,17,20H,11-12H2,1-3H3. The van der Waals surface area contributed by atoms with Crippen LogP contribution in [0.5, 0.6) is 0 Å². The molecule has 6 nitrogen and oxygen atoms in total. The van der Waals surface area contributed by atoms with E-state index in [4.69, 9.17) is 4.74 Å². The van der Waals surface area contributed by atoms with E-state index < -0.39 is 22.2 Å². The molecule has 7 heteroatoms. The van der Waals surface area contributed by atoms with Crippen LogP contribution in [0.25, 0.3) is 0 Å². The molecule has 1 heterocycles. The minimum absolute atomic E-state index is 0.0315. The Labute approximate surface area is 153 Å². The van der Waals surface area contributed by atoms with Crippen LogP contribution in [0.2, 0.25) is 0 Å². The first-order chi connectivity index (χ1) is 12.3. The van der Waals surface area contributed by atoms with Crippen molar-refractivity contribution in [1.82, 2.24) is 4.72 Å². The van der Waals surface area contributed by atoms with Gasteiger partial charge < -0.3 is 4.74 Å². The molecule has 0 bridgehead atoms. The van der Waals surface area contributed by atoms with E-state index in [0.717, 1.165) is 16.8 Å². The summed E-state index contributed by atoms with van der Waals surface area (Å²) in [6, 6.07) is 12.6. The maximum absolute atomic E-state index is 12.5. The van der Waals surface area contributed by atoms with Crippen LogP contribution in [0.15, 0.2) is 47.4 Å². The molecule has 1 amide bonds. The van der Waals surface area contributed by atoms with Crippen LogP contribution in [-0.2, 0) is 14.8 Å². The van der Waals surface area contributed by atoms with Crippen LogP contribution in [0, 0.1) is 20.8 Å². The molecule has 3 rings (SSSR count). The van der Waals surface area contributed by atoms with Crippen molar-refractivity contribution in [2.75, 3.05) is 18.0 Å². The van der Waals surface area contributed by atoms with Crippen LogP contribution < -0.4 is 9.62 Å². The molecule has 1 unspecified atom stereocenters. The minimum Gasteiger partial charge on any atom is -0.443 e. The molecule has 0 radical (unpaired) electrons. The number of nitrogens with one attached hydrogen (secondary N) is 1. The van der Waals surface area contributed by atoms with Crippen LogP contribution in [0.4, 0.5) is 10.5 Å². The molecule has 1 atom stereocenters. The minimum atomic E-state index is -3.65. The van der Waals surface area contributed by atoms with Gasteiger partial charge in [0.05, 0.1) is 11.4 Å². The molecule has 0 saturated carbocycles. The van der Waals surface area contributed by atoms with Gasteiger partial charge in [0.1, 0.15) is 6.10 Å². The monoisotopic (exact) mass is 374 g/mol. The lowest BCUT2D eigenvalue weighted by Crippen LogP contribution is -2.34. The van der Waals surface area contributed by atoms with Gasteiger partial charge in [-0.15, -0.1) is 0 Å². The lowest BCUT2D eigenvalue weighted by Gasteiger charge is -2.15. The van der Waals surface area contributed by atoms with Crippen molar-refractivity contribution in [3.05, 3.63) is 59.2 Å². The average molecular weight is 374 g/mol. The van der Waals surface area contributed by atoms with Crippen LogP contribution in [0.3, 0.4) is 0 Å². The Balaban J connectivity index is 1.69. The van der Waals surface area contributed by atoms with Crippen molar-refractivity contribution >= 4 is 21.8 Å². The summed E-state index contributed by atoms with van der Waals surface area (Å²) in [5.74, 6) is 0. The number of hydrogen-bond acceptors (Lipinski definition) is 4. The molecule has 2 aromatic rings. The highest BCUT2D eigenvalue weighted by Crippen LogP contribution is 2.24. The molecule has 0 aliphatic carbocycles. The van der Waals surface area contributed by atoms with Gasteiger partial charge in [0.25, 0.3) is 0 Å². The number of carbonyl (C=O) groups is 1. The molecular formula is C19H22N2O4S. The van der Waals surface area contributed by atoms with E-state index in [-0.39, 0.29) is 11.4 Å². The Hall–Kier alpha value is -2.38. The second kappa shape index (κ2) is 7.09. The number of carbonyl (C=O) groups excluding carboxylic acids is 1. The summed E-state index contributed by atoms with van der Waals surface area (Å²) in [5, 5.41) is 0.